The van der Waals surface area contributed by atoms with Gasteiger partial charge in [-0.05, 0) is 49.2 Å². The summed E-state index contributed by atoms with van der Waals surface area (Å²) in [7, 11) is -4.49. The van der Waals surface area contributed by atoms with Crippen LogP contribution in [0.4, 0.5) is 0 Å². The fourth-order valence-corrected chi connectivity index (χ4v) is 3.74. The highest BCUT2D eigenvalue weighted by atomic mass is 32.2. The van der Waals surface area contributed by atoms with E-state index in [2.05, 4.69) is 49.1 Å². The van der Waals surface area contributed by atoms with E-state index in [0.29, 0.717) is 0 Å². The SMILES string of the molecule is C[n+]1ccc(-c2cc[n+](C)cc2)cc1.Cc1ccc(S(=O)(=O)[O-])cc1.Cc1ccc(S(=O)(=O)[O-])cc1. The maximum absolute atomic E-state index is 10.4. The predicted molar refractivity (Wildman–Crippen MR) is 133 cm³/mol. The number of nitrogens with zero attached hydrogens (tertiary/aromatic N) is 2. The van der Waals surface area contributed by atoms with Crippen LogP contribution >= 0.6 is 0 Å². The van der Waals surface area contributed by atoms with Crippen molar-refractivity contribution in [3.63, 3.8) is 0 Å². The average Bonchev–Trinajstić information content (AvgIpc) is 2.80. The summed E-state index contributed by atoms with van der Waals surface area (Å²) in [6.07, 6.45) is 8.23. The Hall–Kier alpha value is -3.44. The molecule has 0 bridgehead atoms. The number of benzene rings is 2. The van der Waals surface area contributed by atoms with Gasteiger partial charge in [0.05, 0.1) is 9.79 Å². The van der Waals surface area contributed by atoms with Gasteiger partial charge in [-0.2, -0.15) is 0 Å². The molecule has 0 spiro atoms. The third kappa shape index (κ3) is 9.67. The molecule has 4 aromatic rings. The molecule has 10 heteroatoms. The molecule has 0 aliphatic carbocycles. The first-order valence-corrected chi connectivity index (χ1v) is 13.5. The van der Waals surface area contributed by atoms with Gasteiger partial charge in [-0.15, -0.1) is 0 Å². The molecule has 8 nitrogen and oxygen atoms in total. The summed E-state index contributed by atoms with van der Waals surface area (Å²) in [6, 6.07) is 20.0. The van der Waals surface area contributed by atoms with Crippen molar-refractivity contribution in [2.75, 3.05) is 0 Å². The highest BCUT2D eigenvalue weighted by Gasteiger charge is 2.01. The molecule has 2 heterocycles. The van der Waals surface area contributed by atoms with Crippen LogP contribution in [0.3, 0.4) is 0 Å². The second kappa shape index (κ2) is 12.5. The molecular weight excluding hydrogens is 500 g/mol. The van der Waals surface area contributed by atoms with E-state index in [1.165, 1.54) is 35.4 Å². The molecule has 0 saturated heterocycles. The van der Waals surface area contributed by atoms with Gasteiger partial charge in [0, 0.05) is 24.3 Å². The summed E-state index contributed by atoms with van der Waals surface area (Å²) in [4.78, 5) is -0.355. The molecule has 4 rings (SSSR count). The van der Waals surface area contributed by atoms with Crippen LogP contribution in [0.2, 0.25) is 0 Å². The summed E-state index contributed by atoms with van der Waals surface area (Å²) in [5.74, 6) is 0. The summed E-state index contributed by atoms with van der Waals surface area (Å²) >= 11 is 0. The Morgan fingerprint density at radius 1 is 0.500 bits per heavy atom. The first-order valence-electron chi connectivity index (χ1n) is 10.7. The molecule has 0 radical (unpaired) electrons. The van der Waals surface area contributed by atoms with Crippen molar-refractivity contribution in [3.8, 4) is 11.1 Å². The second-order valence-corrected chi connectivity index (χ2v) is 10.8. The number of hydrogen-bond donors (Lipinski definition) is 0. The van der Waals surface area contributed by atoms with Crippen LogP contribution in [0.25, 0.3) is 11.1 Å². The maximum atomic E-state index is 10.4. The number of hydrogen-bond acceptors (Lipinski definition) is 6. The van der Waals surface area contributed by atoms with Crippen LogP contribution < -0.4 is 9.13 Å². The van der Waals surface area contributed by atoms with E-state index < -0.39 is 20.2 Å². The quantitative estimate of drug-likeness (QED) is 0.298. The van der Waals surface area contributed by atoms with Crippen molar-refractivity contribution in [2.45, 2.75) is 23.6 Å². The normalized spacial score (nSPS) is 10.9. The third-order valence-corrected chi connectivity index (χ3v) is 6.61. The molecule has 0 aliphatic rings. The molecule has 2 aromatic carbocycles. The van der Waals surface area contributed by atoms with E-state index in [0.717, 1.165) is 11.1 Å². The maximum Gasteiger partial charge on any atom is 0.169 e. The number of aromatic nitrogens is 2. The molecule has 0 aliphatic heterocycles. The van der Waals surface area contributed by atoms with Gasteiger partial charge in [0.25, 0.3) is 0 Å². The molecule has 0 amide bonds. The lowest BCUT2D eigenvalue weighted by Crippen LogP contribution is -2.26. The Balaban J connectivity index is 0.000000193. The third-order valence-electron chi connectivity index (χ3n) is 4.91. The first-order chi connectivity index (χ1) is 16.8. The van der Waals surface area contributed by atoms with Crippen LogP contribution in [0.1, 0.15) is 11.1 Å². The van der Waals surface area contributed by atoms with Crippen molar-refractivity contribution < 1.29 is 35.1 Å². The lowest BCUT2D eigenvalue weighted by Gasteiger charge is -2.05. The van der Waals surface area contributed by atoms with Gasteiger partial charge in [0.1, 0.15) is 34.3 Å². The van der Waals surface area contributed by atoms with E-state index in [-0.39, 0.29) is 9.79 Å². The minimum atomic E-state index is -4.27. The molecular formula is C26H28N2O6S2. The lowest BCUT2D eigenvalue weighted by molar-refractivity contribution is -0.671. The van der Waals surface area contributed by atoms with E-state index in [1.54, 1.807) is 24.3 Å². The zero-order valence-corrected chi connectivity index (χ0v) is 22.0. The summed E-state index contributed by atoms with van der Waals surface area (Å²) < 4.78 is 66.4. The van der Waals surface area contributed by atoms with E-state index in [1.807, 2.05) is 37.1 Å². The van der Waals surface area contributed by atoms with Crippen LogP contribution in [0, 0.1) is 13.8 Å². The summed E-state index contributed by atoms with van der Waals surface area (Å²) in [5.41, 5.74) is 4.36. The first kappa shape index (κ1) is 28.8. The van der Waals surface area contributed by atoms with Crippen LogP contribution in [0.5, 0.6) is 0 Å². The summed E-state index contributed by atoms with van der Waals surface area (Å²) in [5, 5.41) is 0. The molecule has 0 N–H and O–H groups in total. The highest BCUT2D eigenvalue weighted by molar-refractivity contribution is 7.86. The van der Waals surface area contributed by atoms with Crippen molar-refractivity contribution >= 4 is 20.2 Å². The van der Waals surface area contributed by atoms with Gasteiger partial charge < -0.3 is 9.11 Å². The van der Waals surface area contributed by atoms with Gasteiger partial charge in [0.2, 0.25) is 0 Å². The highest BCUT2D eigenvalue weighted by Crippen LogP contribution is 2.15. The minimum Gasteiger partial charge on any atom is -0.744 e. The van der Waals surface area contributed by atoms with E-state index in [9.17, 15) is 25.9 Å². The van der Waals surface area contributed by atoms with Crippen molar-refractivity contribution in [2.24, 2.45) is 14.1 Å². The Labute approximate surface area is 212 Å². The second-order valence-electron chi connectivity index (χ2n) is 8.04. The molecule has 36 heavy (non-hydrogen) atoms. The van der Waals surface area contributed by atoms with E-state index in [4.69, 9.17) is 0 Å². The predicted octanol–water partition coefficient (Wildman–Crippen LogP) is 2.80. The van der Waals surface area contributed by atoms with Crippen LogP contribution in [-0.2, 0) is 34.3 Å². The molecule has 2 aromatic heterocycles. The standard InChI is InChI=1S/C12H14N2.2C7H8O3S/c1-13-7-3-11(4-8-13)12-5-9-14(2)10-6-12;2*1-6-2-4-7(5-3-6)11(8,9)10/h3-10H,1-2H3;2*2-5H,1H3,(H,8,9,10)/q+2;;/p-2. The van der Waals surface area contributed by atoms with Crippen molar-refractivity contribution in [1.82, 2.24) is 0 Å². The van der Waals surface area contributed by atoms with Crippen LogP contribution in [-0.4, -0.2) is 25.9 Å². The van der Waals surface area contributed by atoms with E-state index >= 15 is 0 Å². The molecule has 0 fully saturated rings. The van der Waals surface area contributed by atoms with Gasteiger partial charge >= 0.3 is 0 Å². The van der Waals surface area contributed by atoms with Crippen molar-refractivity contribution in [1.29, 1.82) is 0 Å². The molecule has 0 saturated carbocycles. The van der Waals surface area contributed by atoms with Gasteiger partial charge in [-0.3, -0.25) is 0 Å². The van der Waals surface area contributed by atoms with Gasteiger partial charge in [0.15, 0.2) is 24.8 Å². The Bertz CT molecular complexity index is 1350. The Kier molecular flexibility index (Phi) is 10.00. The topological polar surface area (TPSA) is 122 Å². The molecule has 190 valence electrons. The Morgan fingerprint density at radius 2 is 0.750 bits per heavy atom. The molecule has 0 unspecified atom stereocenters. The number of rotatable bonds is 3. The smallest absolute Gasteiger partial charge is 0.169 e. The largest absolute Gasteiger partial charge is 0.744 e. The van der Waals surface area contributed by atoms with Crippen LogP contribution in [0.15, 0.2) is 107 Å². The number of pyridine rings is 2. The summed E-state index contributed by atoms with van der Waals surface area (Å²) in [6.45, 7) is 3.64. The zero-order chi connectivity index (χ0) is 26.9. The monoisotopic (exact) mass is 528 g/mol. The minimum absolute atomic E-state index is 0.178. The van der Waals surface area contributed by atoms with Gasteiger partial charge in [-0.1, -0.05) is 35.4 Å². The fourth-order valence-electron chi connectivity index (χ4n) is 2.80. The number of aryl methyl sites for hydroxylation is 4. The average molecular weight is 529 g/mol. The Morgan fingerprint density at radius 3 is 0.972 bits per heavy atom. The molecule has 0 atom stereocenters. The zero-order valence-electron chi connectivity index (χ0n) is 20.4. The van der Waals surface area contributed by atoms with Crippen molar-refractivity contribution in [3.05, 3.63) is 109 Å². The van der Waals surface area contributed by atoms with Gasteiger partial charge in [-0.25, -0.2) is 26.0 Å². The fraction of sp³-hybridized carbons (Fsp3) is 0.154. The lowest BCUT2D eigenvalue weighted by atomic mass is 10.1.